The number of hydrogen-bond acceptors (Lipinski definition) is 3. The van der Waals surface area contributed by atoms with Crippen molar-refractivity contribution >= 4 is 40.5 Å². The molecular weight excluding hydrogens is 326 g/mol. The second-order valence-corrected chi connectivity index (χ2v) is 5.50. The summed E-state index contributed by atoms with van der Waals surface area (Å²) >= 11 is 6.87. The van der Waals surface area contributed by atoms with E-state index in [1.54, 1.807) is 23.9 Å². The number of rotatable bonds is 5. The van der Waals surface area contributed by atoms with Crippen LogP contribution in [0.4, 0.5) is 20.2 Å². The van der Waals surface area contributed by atoms with Crippen molar-refractivity contribution in [2.24, 2.45) is 0 Å². The van der Waals surface area contributed by atoms with E-state index in [9.17, 15) is 8.78 Å². The lowest BCUT2D eigenvalue weighted by atomic mass is 10.3. The summed E-state index contributed by atoms with van der Waals surface area (Å²) in [5.74, 6) is 0.104. The minimum Gasteiger partial charge on any atom is -0.435 e. The predicted molar refractivity (Wildman–Crippen MR) is 91.1 cm³/mol. The van der Waals surface area contributed by atoms with Gasteiger partial charge in [-0.05, 0) is 67.0 Å². The van der Waals surface area contributed by atoms with Crippen molar-refractivity contribution in [1.82, 2.24) is 0 Å². The summed E-state index contributed by atoms with van der Waals surface area (Å²) in [5, 5.41) is 6.44. The molecule has 0 fully saturated rings. The zero-order chi connectivity index (χ0) is 15.9. The molecule has 0 aromatic heterocycles. The number of alkyl halides is 2. The Bertz CT molecular complexity index is 618. The number of nitrogens with one attached hydrogen (secondary N) is 2. The summed E-state index contributed by atoms with van der Waals surface area (Å²) in [6, 6.07) is 14.0. The maximum atomic E-state index is 12.1. The van der Waals surface area contributed by atoms with Gasteiger partial charge in [-0.3, -0.25) is 0 Å². The molecule has 2 rings (SSSR count). The molecule has 0 saturated heterocycles. The molecule has 0 aliphatic carbocycles. The van der Waals surface area contributed by atoms with E-state index >= 15 is 0 Å². The molecule has 2 N–H and O–H groups in total. The molecule has 116 valence electrons. The lowest BCUT2D eigenvalue weighted by Gasteiger charge is -2.11. The predicted octanol–water partition coefficient (Wildman–Crippen LogP) is 4.82. The zero-order valence-corrected chi connectivity index (χ0v) is 13.3. The Kier molecular flexibility index (Phi) is 5.97. The first-order valence-corrected chi connectivity index (χ1v) is 7.97. The van der Waals surface area contributed by atoms with Gasteiger partial charge in [0.2, 0.25) is 0 Å². The quantitative estimate of drug-likeness (QED) is 0.602. The highest BCUT2D eigenvalue weighted by Gasteiger charge is 2.04. The molecule has 3 nitrogen and oxygen atoms in total. The highest BCUT2D eigenvalue weighted by Crippen LogP contribution is 2.19. The van der Waals surface area contributed by atoms with Crippen LogP contribution in [0.3, 0.4) is 0 Å². The van der Waals surface area contributed by atoms with Crippen molar-refractivity contribution in [1.29, 1.82) is 0 Å². The molecule has 2 aromatic rings. The highest BCUT2D eigenvalue weighted by molar-refractivity contribution is 7.98. The molecule has 0 aliphatic heterocycles. The fourth-order valence-electron chi connectivity index (χ4n) is 1.69. The Morgan fingerprint density at radius 1 is 1.00 bits per heavy atom. The minimum absolute atomic E-state index is 0.104. The second-order valence-electron chi connectivity index (χ2n) is 4.21. The van der Waals surface area contributed by atoms with Crippen LogP contribution in [0, 0.1) is 0 Å². The number of hydrogen-bond donors (Lipinski definition) is 2. The van der Waals surface area contributed by atoms with Gasteiger partial charge in [0.1, 0.15) is 5.75 Å². The maximum Gasteiger partial charge on any atom is 0.387 e. The lowest BCUT2D eigenvalue weighted by Crippen LogP contribution is -2.18. The number of thiocarbonyl (C=S) groups is 1. The Labute approximate surface area is 137 Å². The number of halogens is 2. The first-order valence-electron chi connectivity index (χ1n) is 6.34. The SMILES string of the molecule is CSc1ccc(NC(=S)Nc2ccc(OC(F)F)cc2)cc1. The summed E-state index contributed by atoms with van der Waals surface area (Å²) in [5.41, 5.74) is 1.55. The Morgan fingerprint density at radius 2 is 1.50 bits per heavy atom. The van der Waals surface area contributed by atoms with Gasteiger partial charge in [0.15, 0.2) is 5.11 Å². The Morgan fingerprint density at radius 3 is 1.95 bits per heavy atom. The fraction of sp³-hybridized carbons (Fsp3) is 0.133. The van der Waals surface area contributed by atoms with Crippen LogP contribution in [0.15, 0.2) is 53.4 Å². The fourth-order valence-corrected chi connectivity index (χ4v) is 2.33. The molecule has 22 heavy (non-hydrogen) atoms. The van der Waals surface area contributed by atoms with Gasteiger partial charge in [0.25, 0.3) is 0 Å². The third-order valence-corrected chi connectivity index (χ3v) is 3.63. The normalized spacial score (nSPS) is 10.4. The molecule has 0 aliphatic rings. The van der Waals surface area contributed by atoms with E-state index in [-0.39, 0.29) is 5.75 Å². The molecule has 0 amide bonds. The molecule has 0 saturated carbocycles. The van der Waals surface area contributed by atoms with E-state index in [0.29, 0.717) is 10.8 Å². The first-order chi connectivity index (χ1) is 10.6. The Balaban J connectivity index is 1.90. The number of anilines is 2. The molecule has 0 spiro atoms. The standard InChI is InChI=1S/C15H14F2N2OS2/c1-22-13-8-4-11(5-9-13)19-15(21)18-10-2-6-12(7-3-10)20-14(16)17/h2-9,14H,1H3,(H2,18,19,21). The summed E-state index contributed by atoms with van der Waals surface area (Å²) in [4.78, 5) is 1.17. The van der Waals surface area contributed by atoms with Gasteiger partial charge in [-0.2, -0.15) is 8.78 Å². The van der Waals surface area contributed by atoms with Crippen LogP contribution in [0.5, 0.6) is 5.75 Å². The molecule has 0 unspecified atom stereocenters. The molecule has 0 heterocycles. The van der Waals surface area contributed by atoms with Crippen LogP contribution in [-0.2, 0) is 0 Å². The second kappa shape index (κ2) is 7.95. The van der Waals surface area contributed by atoms with Gasteiger partial charge in [-0.1, -0.05) is 0 Å². The van der Waals surface area contributed by atoms with Gasteiger partial charge in [-0.25, -0.2) is 0 Å². The topological polar surface area (TPSA) is 33.3 Å². The van der Waals surface area contributed by atoms with Crippen LogP contribution in [0.2, 0.25) is 0 Å². The van der Waals surface area contributed by atoms with Crippen LogP contribution < -0.4 is 15.4 Å². The average Bonchev–Trinajstić information content (AvgIpc) is 2.49. The number of benzene rings is 2. The van der Waals surface area contributed by atoms with E-state index in [1.165, 1.54) is 17.0 Å². The van der Waals surface area contributed by atoms with Gasteiger partial charge in [0, 0.05) is 16.3 Å². The third kappa shape index (κ3) is 5.16. The van der Waals surface area contributed by atoms with Gasteiger partial charge in [0.05, 0.1) is 0 Å². The number of ether oxygens (including phenoxy) is 1. The first kappa shape index (κ1) is 16.5. The lowest BCUT2D eigenvalue weighted by molar-refractivity contribution is -0.0498. The van der Waals surface area contributed by atoms with Crippen LogP contribution in [-0.4, -0.2) is 18.0 Å². The van der Waals surface area contributed by atoms with E-state index in [4.69, 9.17) is 12.2 Å². The summed E-state index contributed by atoms with van der Waals surface area (Å²) in [7, 11) is 0. The van der Waals surface area contributed by atoms with Gasteiger partial charge < -0.3 is 15.4 Å². The van der Waals surface area contributed by atoms with Crippen molar-refractivity contribution < 1.29 is 13.5 Å². The summed E-state index contributed by atoms with van der Waals surface area (Å²) < 4.78 is 28.4. The minimum atomic E-state index is -2.83. The molecule has 7 heteroatoms. The molecule has 0 atom stereocenters. The highest BCUT2D eigenvalue weighted by atomic mass is 32.2. The van der Waals surface area contributed by atoms with Gasteiger partial charge >= 0.3 is 6.61 Å². The van der Waals surface area contributed by atoms with E-state index in [1.807, 2.05) is 30.5 Å². The monoisotopic (exact) mass is 340 g/mol. The van der Waals surface area contributed by atoms with E-state index in [0.717, 1.165) is 5.69 Å². The third-order valence-electron chi connectivity index (χ3n) is 2.69. The van der Waals surface area contributed by atoms with Crippen LogP contribution in [0.25, 0.3) is 0 Å². The van der Waals surface area contributed by atoms with Crippen LogP contribution >= 0.6 is 24.0 Å². The zero-order valence-electron chi connectivity index (χ0n) is 11.7. The van der Waals surface area contributed by atoms with Crippen molar-refractivity contribution in [3.63, 3.8) is 0 Å². The van der Waals surface area contributed by atoms with Crippen molar-refractivity contribution in [3.05, 3.63) is 48.5 Å². The molecule has 0 bridgehead atoms. The van der Waals surface area contributed by atoms with Crippen molar-refractivity contribution in [2.75, 3.05) is 16.9 Å². The van der Waals surface area contributed by atoms with Crippen molar-refractivity contribution in [3.8, 4) is 5.75 Å². The molecule has 2 aromatic carbocycles. The number of thioether (sulfide) groups is 1. The maximum absolute atomic E-state index is 12.1. The molecule has 0 radical (unpaired) electrons. The van der Waals surface area contributed by atoms with E-state index < -0.39 is 6.61 Å². The summed E-state index contributed by atoms with van der Waals surface area (Å²) in [6.45, 7) is -2.83. The Hall–Kier alpha value is -1.86. The average molecular weight is 340 g/mol. The van der Waals surface area contributed by atoms with Gasteiger partial charge in [-0.15, -0.1) is 11.8 Å². The van der Waals surface area contributed by atoms with Crippen molar-refractivity contribution in [2.45, 2.75) is 11.5 Å². The summed E-state index contributed by atoms with van der Waals surface area (Å²) in [6.07, 6.45) is 2.01. The molecular formula is C15H14F2N2OS2. The smallest absolute Gasteiger partial charge is 0.387 e. The van der Waals surface area contributed by atoms with Crippen LogP contribution in [0.1, 0.15) is 0 Å². The van der Waals surface area contributed by atoms with E-state index in [2.05, 4.69) is 15.4 Å². The largest absolute Gasteiger partial charge is 0.435 e.